The van der Waals surface area contributed by atoms with Gasteiger partial charge in [-0.1, -0.05) is 18.2 Å². The number of hydrogen-bond acceptors (Lipinski definition) is 5. The van der Waals surface area contributed by atoms with Crippen molar-refractivity contribution in [2.24, 2.45) is 0 Å². The fourth-order valence-electron chi connectivity index (χ4n) is 2.41. The van der Waals surface area contributed by atoms with E-state index >= 15 is 0 Å². The van der Waals surface area contributed by atoms with E-state index in [4.69, 9.17) is 13.0 Å². The molecule has 11 heteroatoms. The van der Waals surface area contributed by atoms with Crippen LogP contribution < -0.4 is 0 Å². The first kappa shape index (κ1) is 29.4. The molecule has 1 aliphatic rings. The van der Waals surface area contributed by atoms with Crippen molar-refractivity contribution in [3.63, 3.8) is 0 Å². The van der Waals surface area contributed by atoms with Crippen molar-refractivity contribution in [1.29, 1.82) is 0 Å². The zero-order valence-corrected chi connectivity index (χ0v) is 21.0. The molecule has 0 radical (unpaired) electrons. The van der Waals surface area contributed by atoms with Gasteiger partial charge in [-0.15, -0.1) is 71.8 Å². The summed E-state index contributed by atoms with van der Waals surface area (Å²) in [5.74, 6) is 0. The van der Waals surface area contributed by atoms with Gasteiger partial charge in [-0.05, 0) is 37.9 Å². The van der Waals surface area contributed by atoms with E-state index in [-0.39, 0.29) is 22.4 Å². The second-order valence-corrected chi connectivity index (χ2v) is 8.04. The average molecular weight is 673 g/mol. The fraction of sp³-hybridized carbons (Fsp3) is 0.130. The Labute approximate surface area is 213 Å². The van der Waals surface area contributed by atoms with Gasteiger partial charge in [0.1, 0.15) is 0 Å². The number of aromatic nitrogens is 1. The first-order valence-electron chi connectivity index (χ1n) is 9.39. The van der Waals surface area contributed by atoms with Gasteiger partial charge in [0.2, 0.25) is 0 Å². The molecule has 3 aromatic rings. The van der Waals surface area contributed by atoms with Crippen LogP contribution in [0.1, 0.15) is 0 Å². The summed E-state index contributed by atoms with van der Waals surface area (Å²) in [4.78, 5) is 8.65. The van der Waals surface area contributed by atoms with Gasteiger partial charge in [-0.25, -0.2) is 0 Å². The monoisotopic (exact) mass is 673 g/mol. The molecule has 1 N–H and O–H groups in total. The second-order valence-electron chi connectivity index (χ2n) is 6.63. The Balaban J connectivity index is 0.000000302. The van der Waals surface area contributed by atoms with Gasteiger partial charge < -0.3 is 14.8 Å². The van der Waals surface area contributed by atoms with Crippen LogP contribution in [0.2, 0.25) is 0 Å². The van der Waals surface area contributed by atoms with Crippen LogP contribution in [0.3, 0.4) is 0 Å². The molecule has 184 valence electrons. The van der Waals surface area contributed by atoms with Crippen LogP contribution in [0.5, 0.6) is 0 Å². The molecule has 6 nitrogen and oxygen atoms in total. The van der Waals surface area contributed by atoms with Gasteiger partial charge in [0.15, 0.2) is 0 Å². The number of halogens is 3. The summed E-state index contributed by atoms with van der Waals surface area (Å²) in [6.45, 7) is 2.00. The molecule has 0 saturated heterocycles. The molecule has 0 amide bonds. The molecule has 0 unspecified atom stereocenters. The molecule has 0 bridgehead atoms. The summed E-state index contributed by atoms with van der Waals surface area (Å²) < 4.78 is 57.5. The molecule has 1 aromatic heterocycles. The number of hydrogen-bond donors (Lipinski definition) is 1. The molecule has 1 aliphatic heterocycles. The predicted octanol–water partition coefficient (Wildman–Crippen LogP) is 4.86. The summed E-state index contributed by atoms with van der Waals surface area (Å²) in [7, 11) is -1.84. The maximum atomic E-state index is 10.7. The number of pyridine rings is 1. The maximum Gasteiger partial charge on any atom is 3.00 e. The molecule has 2 heterocycles. The Kier molecular flexibility index (Phi) is 11.5. The summed E-state index contributed by atoms with van der Waals surface area (Å²) in [5, 5.41) is 0. The van der Waals surface area contributed by atoms with E-state index in [0.29, 0.717) is 0 Å². The minimum absolute atomic E-state index is 0. The summed E-state index contributed by atoms with van der Waals surface area (Å²) in [6, 6.07) is 28.1. The van der Waals surface area contributed by atoms with E-state index in [1.807, 2.05) is 110 Å². The minimum atomic E-state index is -5.84. The maximum absolute atomic E-state index is 10.7. The SMILES string of the molecule is CN1C=CN(C)[CH-]1.O=S(=O)(O)C(F)(F)F.[Au+3].[c-]1ccccc1-c1cccc(-c2[c-]cccc2)n1. The van der Waals surface area contributed by atoms with Gasteiger partial charge in [0, 0.05) is 0 Å². The molecule has 34 heavy (non-hydrogen) atoms. The average Bonchev–Trinajstić information content (AvgIpc) is 3.17. The third-order valence-electron chi connectivity index (χ3n) is 3.91. The zero-order valence-electron chi connectivity index (χ0n) is 18.0. The van der Waals surface area contributed by atoms with Crippen molar-refractivity contribution in [2.45, 2.75) is 5.51 Å². The standard InChI is InChI=1S/C17H11N.C5H9N2.CHF3O3S.Au/c1-3-8-14(9-4-1)16-12-7-13-17(18-16)15-10-5-2-6-11-15;1-6-3-4-7(2)5-6;2-1(3,4)8(5,6)7;/h1-8,10,12-13H;3-5H,1-2H3;(H,5,6,7);/q-2;-1;;+3. The van der Waals surface area contributed by atoms with Gasteiger partial charge in [-0.2, -0.15) is 28.3 Å². The number of nitrogens with zero attached hydrogens (tertiary/aromatic N) is 3. The van der Waals surface area contributed by atoms with Crippen LogP contribution in [0.25, 0.3) is 22.5 Å². The van der Waals surface area contributed by atoms with Gasteiger partial charge in [0.25, 0.3) is 0 Å². The minimum Gasteiger partial charge on any atom is -0.511 e. The van der Waals surface area contributed by atoms with Gasteiger partial charge >= 0.3 is 38.0 Å². The fourth-order valence-corrected chi connectivity index (χ4v) is 2.41. The van der Waals surface area contributed by atoms with Crippen LogP contribution in [-0.4, -0.2) is 47.4 Å². The van der Waals surface area contributed by atoms with Crippen molar-refractivity contribution >= 4 is 10.1 Å². The van der Waals surface area contributed by atoms with Crippen molar-refractivity contribution in [3.05, 3.63) is 97.9 Å². The van der Waals surface area contributed by atoms with Crippen LogP contribution in [0.4, 0.5) is 13.2 Å². The normalized spacial score (nSPS) is 12.6. The third kappa shape index (κ3) is 9.70. The summed E-state index contributed by atoms with van der Waals surface area (Å²) in [6.07, 6.45) is 4.00. The van der Waals surface area contributed by atoms with Crippen LogP contribution in [-0.2, 0) is 32.5 Å². The Morgan fingerprint density at radius 3 is 1.53 bits per heavy atom. The number of alkyl halides is 3. The van der Waals surface area contributed by atoms with Gasteiger partial charge in [0.05, 0.1) is 0 Å². The smallest absolute Gasteiger partial charge is 0.511 e. The third-order valence-corrected chi connectivity index (χ3v) is 4.50. The Bertz CT molecular complexity index is 1080. The first-order valence-corrected chi connectivity index (χ1v) is 10.8. The molecule has 0 spiro atoms. The number of benzene rings is 2. The molecular weight excluding hydrogens is 652 g/mol. The number of rotatable bonds is 2. The first-order chi connectivity index (χ1) is 15.5. The molecule has 0 saturated carbocycles. The van der Waals surface area contributed by atoms with Crippen molar-refractivity contribution in [3.8, 4) is 22.5 Å². The van der Waals surface area contributed by atoms with Crippen molar-refractivity contribution in [2.75, 3.05) is 14.1 Å². The molecule has 0 atom stereocenters. The van der Waals surface area contributed by atoms with E-state index in [9.17, 15) is 13.2 Å². The quantitative estimate of drug-likeness (QED) is 0.182. The Morgan fingerprint density at radius 2 is 1.26 bits per heavy atom. The van der Waals surface area contributed by atoms with E-state index in [0.717, 1.165) is 22.5 Å². The van der Waals surface area contributed by atoms with E-state index in [1.165, 1.54) is 0 Å². The largest absolute Gasteiger partial charge is 3.00 e. The molecule has 0 aliphatic carbocycles. The molecular formula is C23H21AuF3N3O3S. The Hall–Kier alpha value is -2.63. The van der Waals surface area contributed by atoms with E-state index in [1.54, 1.807) is 0 Å². The van der Waals surface area contributed by atoms with Gasteiger partial charge in [-0.3, -0.25) is 4.55 Å². The summed E-state index contributed by atoms with van der Waals surface area (Å²) in [5.41, 5.74) is -1.64. The molecule has 2 aromatic carbocycles. The van der Waals surface area contributed by atoms with Crippen LogP contribution in [0.15, 0.2) is 79.1 Å². The van der Waals surface area contributed by atoms with Crippen LogP contribution >= 0.6 is 0 Å². The van der Waals surface area contributed by atoms with E-state index < -0.39 is 15.6 Å². The van der Waals surface area contributed by atoms with E-state index in [2.05, 4.69) is 17.1 Å². The summed E-state index contributed by atoms with van der Waals surface area (Å²) >= 11 is 0. The topological polar surface area (TPSA) is 73.7 Å². The van der Waals surface area contributed by atoms with Crippen molar-refractivity contribution in [1.82, 2.24) is 14.8 Å². The second kappa shape index (κ2) is 13.3. The van der Waals surface area contributed by atoms with Crippen LogP contribution in [0, 0.1) is 18.8 Å². The predicted molar refractivity (Wildman–Crippen MR) is 119 cm³/mol. The zero-order chi connectivity index (χ0) is 24.5. The molecule has 0 fully saturated rings. The molecule has 4 rings (SSSR count). The van der Waals surface area contributed by atoms with Crippen molar-refractivity contribution < 1.29 is 48.5 Å². The Morgan fingerprint density at radius 1 is 0.853 bits per heavy atom.